The molecule has 128 valence electrons. The fraction of sp³-hybridized carbons (Fsp3) is 0.278. The molecular formula is C18H23IN4O. The van der Waals surface area contributed by atoms with Crippen LogP contribution in [0.25, 0.3) is 11.0 Å². The molecule has 1 N–H and O–H groups in total. The second-order valence-electron chi connectivity index (χ2n) is 5.62. The first-order valence-corrected chi connectivity index (χ1v) is 7.67. The number of aliphatic imine (C=N–C) groups is 1. The number of aromatic nitrogens is 1. The van der Waals surface area contributed by atoms with Crippen LogP contribution in [0.2, 0.25) is 0 Å². The first-order chi connectivity index (χ1) is 11.2. The van der Waals surface area contributed by atoms with Crippen LogP contribution in [-0.4, -0.2) is 29.5 Å². The van der Waals surface area contributed by atoms with Gasteiger partial charge in [-0.2, -0.15) is 0 Å². The standard InChI is InChI=1S/C18H22N4O.HI/c1-19-18(22(3)13-15-8-6-10-21(15)2)20-12-16-11-14-7-4-5-9-17(14)23-16;/h4-11H,12-13H2,1-3H3,(H,19,20);1H. The van der Waals surface area contributed by atoms with Gasteiger partial charge in [0.1, 0.15) is 11.3 Å². The summed E-state index contributed by atoms with van der Waals surface area (Å²) in [6.45, 7) is 1.40. The molecule has 0 aliphatic rings. The summed E-state index contributed by atoms with van der Waals surface area (Å²) >= 11 is 0. The molecule has 1 aromatic carbocycles. The molecule has 5 nitrogen and oxygen atoms in total. The molecule has 0 saturated heterocycles. The lowest BCUT2D eigenvalue weighted by Crippen LogP contribution is -2.38. The Kier molecular flexibility index (Phi) is 6.30. The van der Waals surface area contributed by atoms with Gasteiger partial charge >= 0.3 is 0 Å². The lowest BCUT2D eigenvalue weighted by molar-refractivity contribution is 0.454. The summed E-state index contributed by atoms with van der Waals surface area (Å²) in [5.41, 5.74) is 2.15. The Bertz CT molecular complexity index is 788. The van der Waals surface area contributed by atoms with Crippen LogP contribution in [0.3, 0.4) is 0 Å². The summed E-state index contributed by atoms with van der Waals surface area (Å²) < 4.78 is 7.94. The largest absolute Gasteiger partial charge is 0.459 e. The first kappa shape index (κ1) is 18.4. The number of halogens is 1. The average molecular weight is 438 g/mol. The maximum atomic E-state index is 5.83. The molecule has 0 aliphatic heterocycles. The van der Waals surface area contributed by atoms with Gasteiger partial charge in [-0.3, -0.25) is 4.99 Å². The van der Waals surface area contributed by atoms with Gasteiger partial charge in [0.2, 0.25) is 0 Å². The molecule has 0 fully saturated rings. The van der Waals surface area contributed by atoms with Gasteiger partial charge in [-0.05, 0) is 24.3 Å². The lowest BCUT2D eigenvalue weighted by Gasteiger charge is -2.22. The minimum Gasteiger partial charge on any atom is -0.459 e. The zero-order chi connectivity index (χ0) is 16.2. The van der Waals surface area contributed by atoms with Gasteiger partial charge in [0, 0.05) is 38.4 Å². The van der Waals surface area contributed by atoms with Gasteiger partial charge in [-0.25, -0.2) is 0 Å². The van der Waals surface area contributed by atoms with Gasteiger partial charge in [-0.15, -0.1) is 24.0 Å². The van der Waals surface area contributed by atoms with E-state index < -0.39 is 0 Å². The molecule has 0 aliphatic carbocycles. The number of hydrogen-bond acceptors (Lipinski definition) is 2. The molecule has 2 heterocycles. The Morgan fingerprint density at radius 3 is 2.71 bits per heavy atom. The summed E-state index contributed by atoms with van der Waals surface area (Å²) in [6, 6.07) is 14.3. The van der Waals surface area contributed by atoms with E-state index in [-0.39, 0.29) is 24.0 Å². The van der Waals surface area contributed by atoms with Crippen LogP contribution in [0.4, 0.5) is 0 Å². The third-order valence-electron chi connectivity index (χ3n) is 3.92. The highest BCUT2D eigenvalue weighted by atomic mass is 127. The second kappa shape index (κ2) is 8.23. The van der Waals surface area contributed by atoms with Crippen LogP contribution in [-0.2, 0) is 20.1 Å². The van der Waals surface area contributed by atoms with Crippen LogP contribution < -0.4 is 5.32 Å². The van der Waals surface area contributed by atoms with E-state index >= 15 is 0 Å². The molecule has 0 spiro atoms. The van der Waals surface area contributed by atoms with Crippen molar-refractivity contribution in [1.29, 1.82) is 0 Å². The van der Waals surface area contributed by atoms with Crippen molar-refractivity contribution < 1.29 is 4.42 Å². The number of furan rings is 1. The molecule has 0 unspecified atom stereocenters. The molecule has 3 rings (SSSR count). The Hall–Kier alpha value is -1.96. The number of para-hydroxylation sites is 1. The van der Waals surface area contributed by atoms with E-state index in [0.717, 1.165) is 29.2 Å². The van der Waals surface area contributed by atoms with E-state index in [4.69, 9.17) is 4.42 Å². The van der Waals surface area contributed by atoms with Crippen LogP contribution in [0.1, 0.15) is 11.5 Å². The second-order valence-corrected chi connectivity index (χ2v) is 5.62. The molecule has 2 aromatic heterocycles. The van der Waals surface area contributed by atoms with Gasteiger partial charge < -0.3 is 19.2 Å². The van der Waals surface area contributed by atoms with Crippen molar-refractivity contribution in [3.05, 3.63) is 60.1 Å². The molecule has 24 heavy (non-hydrogen) atoms. The predicted octanol–water partition coefficient (Wildman–Crippen LogP) is 3.60. The number of hydrogen-bond donors (Lipinski definition) is 1. The molecule has 0 atom stereocenters. The Labute approximate surface area is 159 Å². The smallest absolute Gasteiger partial charge is 0.194 e. The summed E-state index contributed by atoms with van der Waals surface area (Å²) in [5, 5.41) is 4.47. The third kappa shape index (κ3) is 4.11. The van der Waals surface area contributed by atoms with E-state index in [2.05, 4.69) is 38.0 Å². The highest BCUT2D eigenvalue weighted by Gasteiger charge is 2.09. The number of fused-ring (bicyclic) bond motifs is 1. The van der Waals surface area contributed by atoms with Gasteiger partial charge in [0.05, 0.1) is 13.1 Å². The van der Waals surface area contributed by atoms with Crippen molar-refractivity contribution in [3.8, 4) is 0 Å². The topological polar surface area (TPSA) is 45.7 Å². The number of nitrogens with zero attached hydrogens (tertiary/aromatic N) is 3. The maximum absolute atomic E-state index is 5.83. The Morgan fingerprint density at radius 1 is 1.25 bits per heavy atom. The number of benzene rings is 1. The van der Waals surface area contributed by atoms with Crippen LogP contribution in [0, 0.1) is 0 Å². The summed E-state index contributed by atoms with van der Waals surface area (Å²) in [4.78, 5) is 6.44. The third-order valence-corrected chi connectivity index (χ3v) is 3.92. The molecule has 0 saturated carbocycles. The minimum atomic E-state index is 0. The fourth-order valence-corrected chi connectivity index (χ4v) is 2.65. The number of guanidine groups is 1. The van der Waals surface area contributed by atoms with E-state index in [1.807, 2.05) is 44.6 Å². The zero-order valence-electron chi connectivity index (χ0n) is 14.2. The SMILES string of the molecule is CN=C(NCc1cc2ccccc2o1)N(C)Cc1cccn1C.I. The van der Waals surface area contributed by atoms with Crippen molar-refractivity contribution in [2.24, 2.45) is 12.0 Å². The first-order valence-electron chi connectivity index (χ1n) is 7.67. The minimum absolute atomic E-state index is 0. The van der Waals surface area contributed by atoms with E-state index in [0.29, 0.717) is 6.54 Å². The van der Waals surface area contributed by atoms with Gasteiger partial charge in [-0.1, -0.05) is 18.2 Å². The Morgan fingerprint density at radius 2 is 2.04 bits per heavy atom. The van der Waals surface area contributed by atoms with Crippen molar-refractivity contribution >= 4 is 40.9 Å². The normalized spacial score (nSPS) is 11.4. The summed E-state index contributed by atoms with van der Waals surface area (Å²) in [5.74, 6) is 1.74. The van der Waals surface area contributed by atoms with Crippen molar-refractivity contribution in [2.75, 3.05) is 14.1 Å². The summed E-state index contributed by atoms with van der Waals surface area (Å²) in [7, 11) is 5.87. The maximum Gasteiger partial charge on any atom is 0.194 e. The van der Waals surface area contributed by atoms with Crippen LogP contribution in [0.15, 0.2) is 58.1 Å². The lowest BCUT2D eigenvalue weighted by atomic mass is 10.2. The van der Waals surface area contributed by atoms with Gasteiger partial charge in [0.25, 0.3) is 0 Å². The van der Waals surface area contributed by atoms with Crippen LogP contribution in [0.5, 0.6) is 0 Å². The molecule has 6 heteroatoms. The van der Waals surface area contributed by atoms with Gasteiger partial charge in [0.15, 0.2) is 5.96 Å². The number of rotatable bonds is 4. The van der Waals surface area contributed by atoms with Crippen molar-refractivity contribution in [1.82, 2.24) is 14.8 Å². The van der Waals surface area contributed by atoms with E-state index in [9.17, 15) is 0 Å². The fourth-order valence-electron chi connectivity index (χ4n) is 2.65. The molecule has 3 aromatic rings. The molecule has 0 radical (unpaired) electrons. The predicted molar refractivity (Wildman–Crippen MR) is 109 cm³/mol. The Balaban J connectivity index is 0.00000208. The molecule has 0 bridgehead atoms. The molecule has 0 amide bonds. The van der Waals surface area contributed by atoms with E-state index in [1.165, 1.54) is 5.69 Å². The quantitative estimate of drug-likeness (QED) is 0.385. The average Bonchev–Trinajstić information content (AvgIpc) is 3.14. The number of aryl methyl sites for hydroxylation is 1. The highest BCUT2D eigenvalue weighted by Crippen LogP contribution is 2.18. The van der Waals surface area contributed by atoms with Crippen molar-refractivity contribution in [3.63, 3.8) is 0 Å². The monoisotopic (exact) mass is 438 g/mol. The van der Waals surface area contributed by atoms with Crippen molar-refractivity contribution in [2.45, 2.75) is 13.1 Å². The van der Waals surface area contributed by atoms with Crippen LogP contribution >= 0.6 is 24.0 Å². The van der Waals surface area contributed by atoms with E-state index in [1.54, 1.807) is 7.05 Å². The highest BCUT2D eigenvalue weighted by molar-refractivity contribution is 14.0. The zero-order valence-corrected chi connectivity index (χ0v) is 16.5. The summed E-state index contributed by atoms with van der Waals surface area (Å²) in [6.07, 6.45) is 2.05. The number of nitrogens with one attached hydrogen (secondary N) is 1. The molecular weight excluding hydrogens is 415 g/mol.